The maximum atomic E-state index is 4.58. The number of aromatic nitrogens is 2. The second-order valence-corrected chi connectivity index (χ2v) is 4.81. The van der Waals surface area contributed by atoms with Crippen molar-refractivity contribution in [2.45, 2.75) is 26.7 Å². The molecule has 14 heavy (non-hydrogen) atoms. The Bertz CT molecular complexity index is 471. The van der Waals surface area contributed by atoms with Gasteiger partial charge in [0.15, 0.2) is 0 Å². The molecule has 0 unspecified atom stereocenters. The van der Waals surface area contributed by atoms with Crippen molar-refractivity contribution >= 4 is 27.0 Å². The third-order valence-corrected chi connectivity index (χ3v) is 2.76. The number of aromatic amines is 1. The Morgan fingerprint density at radius 2 is 2.07 bits per heavy atom. The van der Waals surface area contributed by atoms with E-state index in [4.69, 9.17) is 0 Å². The van der Waals surface area contributed by atoms with Gasteiger partial charge in [-0.05, 0) is 24.6 Å². The van der Waals surface area contributed by atoms with Crippen molar-refractivity contribution in [1.29, 1.82) is 0 Å². The molecular formula is C11H13BrN2. The quantitative estimate of drug-likeness (QED) is 0.823. The Hall–Kier alpha value is -0.830. The molecule has 1 N–H and O–H groups in total. The van der Waals surface area contributed by atoms with Gasteiger partial charge < -0.3 is 4.98 Å². The predicted octanol–water partition coefficient (Wildman–Crippen LogP) is 3.76. The van der Waals surface area contributed by atoms with E-state index in [1.807, 2.05) is 0 Å². The topological polar surface area (TPSA) is 28.7 Å². The molecule has 0 spiro atoms. The Morgan fingerprint density at radius 3 is 2.71 bits per heavy atom. The van der Waals surface area contributed by atoms with Gasteiger partial charge in [0.05, 0.1) is 11.0 Å². The van der Waals surface area contributed by atoms with Crippen molar-refractivity contribution in [3.8, 4) is 0 Å². The van der Waals surface area contributed by atoms with E-state index in [-0.39, 0.29) is 0 Å². The van der Waals surface area contributed by atoms with Gasteiger partial charge in [-0.25, -0.2) is 4.98 Å². The van der Waals surface area contributed by atoms with E-state index in [9.17, 15) is 0 Å². The van der Waals surface area contributed by atoms with Gasteiger partial charge in [0.2, 0.25) is 0 Å². The van der Waals surface area contributed by atoms with E-state index in [0.29, 0.717) is 5.92 Å². The van der Waals surface area contributed by atoms with Crippen molar-refractivity contribution in [2.75, 3.05) is 0 Å². The number of nitrogens with one attached hydrogen (secondary N) is 1. The average Bonchev–Trinajstić information content (AvgIpc) is 2.47. The second-order valence-electron chi connectivity index (χ2n) is 3.90. The molecular weight excluding hydrogens is 240 g/mol. The van der Waals surface area contributed by atoms with Crippen LogP contribution in [0, 0.1) is 6.92 Å². The highest BCUT2D eigenvalue weighted by atomic mass is 79.9. The van der Waals surface area contributed by atoms with Gasteiger partial charge >= 0.3 is 0 Å². The third kappa shape index (κ3) is 1.57. The molecule has 0 aliphatic heterocycles. The molecule has 2 aromatic rings. The Morgan fingerprint density at radius 1 is 1.36 bits per heavy atom. The fourth-order valence-corrected chi connectivity index (χ4v) is 2.11. The number of hydrogen-bond donors (Lipinski definition) is 1. The van der Waals surface area contributed by atoms with Crippen LogP contribution in [0.1, 0.15) is 31.2 Å². The first-order chi connectivity index (χ1) is 6.58. The van der Waals surface area contributed by atoms with E-state index in [1.165, 1.54) is 5.56 Å². The summed E-state index contributed by atoms with van der Waals surface area (Å²) in [6.45, 7) is 6.36. The molecule has 0 saturated carbocycles. The maximum absolute atomic E-state index is 4.58. The van der Waals surface area contributed by atoms with E-state index in [2.05, 4.69) is 58.8 Å². The number of fused-ring (bicyclic) bond motifs is 1. The van der Waals surface area contributed by atoms with Crippen LogP contribution in [0.4, 0.5) is 0 Å². The monoisotopic (exact) mass is 252 g/mol. The van der Waals surface area contributed by atoms with Gasteiger partial charge in [-0.3, -0.25) is 0 Å². The maximum Gasteiger partial charge on any atom is 0.109 e. The van der Waals surface area contributed by atoms with Crippen LogP contribution in [0.15, 0.2) is 16.6 Å². The van der Waals surface area contributed by atoms with Crippen LogP contribution in [-0.4, -0.2) is 9.97 Å². The summed E-state index contributed by atoms with van der Waals surface area (Å²) in [5, 5.41) is 0. The first-order valence-electron chi connectivity index (χ1n) is 4.73. The van der Waals surface area contributed by atoms with Gasteiger partial charge in [0.1, 0.15) is 5.82 Å². The number of halogens is 1. The Balaban J connectivity index is 2.70. The van der Waals surface area contributed by atoms with Crippen LogP contribution < -0.4 is 0 Å². The summed E-state index contributed by atoms with van der Waals surface area (Å²) in [5.41, 5.74) is 3.40. The van der Waals surface area contributed by atoms with Crippen molar-refractivity contribution in [3.63, 3.8) is 0 Å². The molecule has 1 aromatic heterocycles. The molecule has 74 valence electrons. The van der Waals surface area contributed by atoms with Gasteiger partial charge in [0, 0.05) is 10.4 Å². The zero-order valence-corrected chi connectivity index (χ0v) is 10.1. The molecule has 0 saturated heterocycles. The summed E-state index contributed by atoms with van der Waals surface area (Å²) >= 11 is 3.48. The summed E-state index contributed by atoms with van der Waals surface area (Å²) in [4.78, 5) is 7.91. The van der Waals surface area contributed by atoms with Crippen molar-refractivity contribution < 1.29 is 0 Å². The lowest BCUT2D eigenvalue weighted by atomic mass is 10.2. The van der Waals surface area contributed by atoms with E-state index >= 15 is 0 Å². The standard InChI is InChI=1S/C11H13BrN2/c1-6(2)11-13-9-5-8(12)4-7(3)10(9)14-11/h4-6H,1-3H3,(H,13,14). The molecule has 0 atom stereocenters. The fourth-order valence-electron chi connectivity index (χ4n) is 1.54. The van der Waals surface area contributed by atoms with E-state index in [1.54, 1.807) is 0 Å². The molecule has 0 amide bonds. The minimum absolute atomic E-state index is 0.445. The molecule has 0 radical (unpaired) electrons. The molecule has 0 aliphatic carbocycles. The molecule has 0 fully saturated rings. The molecule has 2 rings (SSSR count). The van der Waals surface area contributed by atoms with Crippen LogP contribution in [0.2, 0.25) is 0 Å². The highest BCUT2D eigenvalue weighted by Crippen LogP contribution is 2.24. The molecule has 3 heteroatoms. The zero-order chi connectivity index (χ0) is 10.3. The van der Waals surface area contributed by atoms with Crippen LogP contribution in [-0.2, 0) is 0 Å². The Labute approximate surface area is 91.9 Å². The smallest absolute Gasteiger partial charge is 0.109 e. The molecule has 1 aromatic carbocycles. The molecule has 1 heterocycles. The molecule has 2 nitrogen and oxygen atoms in total. The summed E-state index contributed by atoms with van der Waals surface area (Å²) in [6, 6.07) is 4.16. The minimum Gasteiger partial charge on any atom is -0.342 e. The van der Waals surface area contributed by atoms with Gasteiger partial charge in [-0.15, -0.1) is 0 Å². The molecule has 0 aliphatic rings. The number of nitrogens with zero attached hydrogens (tertiary/aromatic N) is 1. The summed E-state index contributed by atoms with van der Waals surface area (Å²) in [7, 11) is 0. The summed E-state index contributed by atoms with van der Waals surface area (Å²) in [6.07, 6.45) is 0. The number of imidazole rings is 1. The number of aryl methyl sites for hydroxylation is 1. The first-order valence-corrected chi connectivity index (χ1v) is 5.53. The highest BCUT2D eigenvalue weighted by Gasteiger charge is 2.08. The van der Waals surface area contributed by atoms with Gasteiger partial charge in [0.25, 0.3) is 0 Å². The van der Waals surface area contributed by atoms with Crippen LogP contribution in [0.5, 0.6) is 0 Å². The summed E-state index contributed by atoms with van der Waals surface area (Å²) in [5.74, 6) is 1.50. The van der Waals surface area contributed by atoms with Crippen LogP contribution in [0.3, 0.4) is 0 Å². The number of benzene rings is 1. The van der Waals surface area contributed by atoms with E-state index in [0.717, 1.165) is 21.3 Å². The lowest BCUT2D eigenvalue weighted by Gasteiger charge is -1.95. The Kier molecular flexibility index (Phi) is 2.35. The van der Waals surface area contributed by atoms with Crippen LogP contribution >= 0.6 is 15.9 Å². The van der Waals surface area contributed by atoms with Crippen molar-refractivity contribution in [1.82, 2.24) is 9.97 Å². The lowest BCUT2D eigenvalue weighted by molar-refractivity contribution is 0.799. The van der Waals surface area contributed by atoms with E-state index < -0.39 is 0 Å². The zero-order valence-electron chi connectivity index (χ0n) is 8.56. The molecule has 0 bridgehead atoms. The van der Waals surface area contributed by atoms with Crippen molar-refractivity contribution in [2.24, 2.45) is 0 Å². The van der Waals surface area contributed by atoms with Crippen LogP contribution in [0.25, 0.3) is 11.0 Å². The second kappa shape index (κ2) is 3.39. The fraction of sp³-hybridized carbons (Fsp3) is 0.364. The first kappa shape index (κ1) is 9.71. The predicted molar refractivity (Wildman–Crippen MR) is 62.6 cm³/mol. The number of rotatable bonds is 1. The average molecular weight is 253 g/mol. The lowest BCUT2D eigenvalue weighted by Crippen LogP contribution is -1.88. The largest absolute Gasteiger partial charge is 0.342 e. The SMILES string of the molecule is Cc1cc(Br)cc2[nH]c(C(C)C)nc12. The number of H-pyrrole nitrogens is 1. The van der Waals surface area contributed by atoms with Gasteiger partial charge in [-0.1, -0.05) is 29.8 Å². The van der Waals surface area contributed by atoms with Gasteiger partial charge in [-0.2, -0.15) is 0 Å². The van der Waals surface area contributed by atoms with Crippen molar-refractivity contribution in [3.05, 3.63) is 28.0 Å². The third-order valence-electron chi connectivity index (χ3n) is 2.31. The highest BCUT2D eigenvalue weighted by molar-refractivity contribution is 9.10. The summed E-state index contributed by atoms with van der Waals surface area (Å²) < 4.78 is 1.10. The number of hydrogen-bond acceptors (Lipinski definition) is 1. The minimum atomic E-state index is 0.445. The normalized spacial score (nSPS) is 11.5.